The summed E-state index contributed by atoms with van der Waals surface area (Å²) in [6.45, 7) is 0.240. The number of benzene rings is 1. The molecule has 0 fully saturated rings. The van der Waals surface area contributed by atoms with Crippen molar-refractivity contribution in [3.63, 3.8) is 0 Å². The van der Waals surface area contributed by atoms with E-state index in [1.54, 1.807) is 24.3 Å². The molecule has 1 unspecified atom stereocenters. The predicted molar refractivity (Wildman–Crippen MR) is 67.4 cm³/mol. The third kappa shape index (κ3) is 4.59. The Morgan fingerprint density at radius 1 is 1.26 bits per heavy atom. The van der Waals surface area contributed by atoms with Gasteiger partial charge in [-0.15, -0.1) is 0 Å². The van der Waals surface area contributed by atoms with E-state index in [1.807, 2.05) is 0 Å². The van der Waals surface area contributed by atoms with Crippen LogP contribution in [0.3, 0.4) is 0 Å². The van der Waals surface area contributed by atoms with E-state index < -0.39 is 18.0 Å². The van der Waals surface area contributed by atoms with Gasteiger partial charge in [0.25, 0.3) is 0 Å². The van der Waals surface area contributed by atoms with E-state index >= 15 is 0 Å². The van der Waals surface area contributed by atoms with Crippen LogP contribution in [0.4, 0.5) is 0 Å². The average molecular weight is 267 g/mol. The first kappa shape index (κ1) is 15.0. The van der Waals surface area contributed by atoms with E-state index in [-0.39, 0.29) is 18.7 Å². The zero-order valence-corrected chi connectivity index (χ0v) is 10.9. The van der Waals surface area contributed by atoms with Crippen molar-refractivity contribution in [3.05, 3.63) is 29.8 Å². The number of ether oxygens (including phenoxy) is 2. The summed E-state index contributed by atoms with van der Waals surface area (Å²) in [5.41, 5.74) is 0.626. The molecule has 0 spiro atoms. The molecule has 6 heteroatoms. The van der Waals surface area contributed by atoms with Gasteiger partial charge < -0.3 is 14.6 Å². The van der Waals surface area contributed by atoms with E-state index in [0.717, 1.165) is 0 Å². The van der Waals surface area contributed by atoms with Gasteiger partial charge in [0.2, 0.25) is 0 Å². The Labute approximate surface area is 111 Å². The van der Waals surface area contributed by atoms with Crippen LogP contribution in [-0.4, -0.2) is 37.3 Å². The predicted octanol–water partition coefficient (Wildman–Crippen LogP) is 0.586. The zero-order chi connectivity index (χ0) is 14.3. The minimum atomic E-state index is -0.808. The van der Waals surface area contributed by atoms with Gasteiger partial charge in [0.05, 0.1) is 20.6 Å². The minimum Gasteiger partial charge on any atom is -0.508 e. The zero-order valence-electron chi connectivity index (χ0n) is 10.9. The standard InChI is InChI=1S/C13H17NO5/c1-18-12(16)7-10(13(17)19-2)14-8-9-5-3-4-6-11(9)15/h3-6,10,14-15H,7-8H2,1-2H3. The van der Waals surface area contributed by atoms with E-state index in [0.29, 0.717) is 5.56 Å². The van der Waals surface area contributed by atoms with Gasteiger partial charge >= 0.3 is 11.9 Å². The number of rotatable bonds is 6. The van der Waals surface area contributed by atoms with Crippen molar-refractivity contribution in [2.75, 3.05) is 14.2 Å². The van der Waals surface area contributed by atoms with Crippen LogP contribution in [0.25, 0.3) is 0 Å². The number of para-hydroxylation sites is 1. The highest BCUT2D eigenvalue weighted by atomic mass is 16.5. The average Bonchev–Trinajstić information content (AvgIpc) is 2.43. The molecular formula is C13H17NO5. The Kier molecular flexibility index (Phi) is 5.81. The Bertz CT molecular complexity index is 446. The van der Waals surface area contributed by atoms with Crippen LogP contribution in [-0.2, 0) is 25.6 Å². The molecule has 0 saturated carbocycles. The maximum absolute atomic E-state index is 11.5. The first-order valence-electron chi connectivity index (χ1n) is 5.73. The van der Waals surface area contributed by atoms with Crippen molar-refractivity contribution in [1.29, 1.82) is 0 Å². The second-order valence-corrected chi connectivity index (χ2v) is 3.87. The van der Waals surface area contributed by atoms with Crippen molar-refractivity contribution in [2.45, 2.75) is 19.0 Å². The number of phenols is 1. The molecule has 2 N–H and O–H groups in total. The van der Waals surface area contributed by atoms with E-state index in [4.69, 9.17) is 0 Å². The number of carbonyl (C=O) groups is 2. The van der Waals surface area contributed by atoms with Crippen LogP contribution in [0.5, 0.6) is 5.75 Å². The molecule has 1 aromatic carbocycles. The first-order valence-corrected chi connectivity index (χ1v) is 5.73. The molecule has 0 saturated heterocycles. The molecule has 0 bridgehead atoms. The van der Waals surface area contributed by atoms with Crippen LogP contribution in [0.1, 0.15) is 12.0 Å². The number of nitrogens with one attached hydrogen (secondary N) is 1. The first-order chi connectivity index (χ1) is 9.08. The Hall–Kier alpha value is -2.08. The Morgan fingerprint density at radius 2 is 1.95 bits per heavy atom. The topological polar surface area (TPSA) is 84.9 Å². The van der Waals surface area contributed by atoms with Crippen LogP contribution in [0, 0.1) is 0 Å². The molecular weight excluding hydrogens is 250 g/mol. The second kappa shape index (κ2) is 7.38. The fraction of sp³-hybridized carbons (Fsp3) is 0.385. The summed E-state index contributed by atoms with van der Waals surface area (Å²) >= 11 is 0. The van der Waals surface area contributed by atoms with Gasteiger partial charge in [-0.2, -0.15) is 0 Å². The third-order valence-corrected chi connectivity index (χ3v) is 2.61. The third-order valence-electron chi connectivity index (χ3n) is 2.61. The highest BCUT2D eigenvalue weighted by Gasteiger charge is 2.22. The molecule has 1 aromatic rings. The maximum Gasteiger partial charge on any atom is 0.323 e. The fourth-order valence-electron chi connectivity index (χ4n) is 1.52. The summed E-state index contributed by atoms with van der Waals surface area (Å²) in [5, 5.41) is 12.5. The van der Waals surface area contributed by atoms with Crippen molar-refractivity contribution < 1.29 is 24.2 Å². The highest BCUT2D eigenvalue weighted by molar-refractivity contribution is 5.82. The Morgan fingerprint density at radius 3 is 2.53 bits per heavy atom. The fourth-order valence-corrected chi connectivity index (χ4v) is 1.52. The van der Waals surface area contributed by atoms with Crippen molar-refractivity contribution in [3.8, 4) is 5.75 Å². The lowest BCUT2D eigenvalue weighted by Gasteiger charge is -2.15. The number of hydrogen-bond acceptors (Lipinski definition) is 6. The molecule has 0 aliphatic heterocycles. The number of aromatic hydroxyl groups is 1. The molecule has 0 aromatic heterocycles. The minimum absolute atomic E-state index is 0.122. The Balaban J connectivity index is 2.65. The quantitative estimate of drug-likeness (QED) is 0.734. The lowest BCUT2D eigenvalue weighted by atomic mass is 10.1. The SMILES string of the molecule is COC(=O)CC(NCc1ccccc1O)C(=O)OC. The van der Waals surface area contributed by atoms with Gasteiger partial charge in [-0.3, -0.25) is 14.9 Å². The molecule has 6 nitrogen and oxygen atoms in total. The van der Waals surface area contributed by atoms with Gasteiger partial charge in [0.1, 0.15) is 11.8 Å². The molecule has 0 aliphatic rings. The van der Waals surface area contributed by atoms with Crippen LogP contribution in [0.15, 0.2) is 24.3 Å². The monoisotopic (exact) mass is 267 g/mol. The molecule has 104 valence electrons. The van der Waals surface area contributed by atoms with E-state index in [2.05, 4.69) is 14.8 Å². The van der Waals surface area contributed by atoms with Crippen molar-refractivity contribution in [2.24, 2.45) is 0 Å². The number of hydrogen-bond donors (Lipinski definition) is 2. The van der Waals surface area contributed by atoms with Crippen molar-refractivity contribution in [1.82, 2.24) is 5.32 Å². The molecule has 0 amide bonds. The smallest absolute Gasteiger partial charge is 0.323 e. The summed E-state index contributed by atoms with van der Waals surface area (Å²) in [6.07, 6.45) is -0.128. The molecule has 19 heavy (non-hydrogen) atoms. The summed E-state index contributed by atoms with van der Waals surface area (Å²) < 4.78 is 9.12. The van der Waals surface area contributed by atoms with Gasteiger partial charge in [0, 0.05) is 12.1 Å². The molecule has 1 rings (SSSR count). The van der Waals surface area contributed by atoms with Crippen LogP contribution >= 0.6 is 0 Å². The lowest BCUT2D eigenvalue weighted by molar-refractivity contribution is -0.149. The van der Waals surface area contributed by atoms with Crippen molar-refractivity contribution >= 4 is 11.9 Å². The normalized spacial score (nSPS) is 11.7. The molecule has 1 atom stereocenters. The van der Waals surface area contributed by atoms with Gasteiger partial charge in [0.15, 0.2) is 0 Å². The summed E-state index contributed by atoms with van der Waals surface area (Å²) in [6, 6.07) is 5.92. The van der Waals surface area contributed by atoms with Crippen LogP contribution in [0.2, 0.25) is 0 Å². The number of esters is 2. The number of carbonyl (C=O) groups excluding carboxylic acids is 2. The molecule has 0 heterocycles. The number of methoxy groups -OCH3 is 2. The lowest BCUT2D eigenvalue weighted by Crippen LogP contribution is -2.39. The number of phenolic OH excluding ortho intramolecular Hbond substituents is 1. The van der Waals surface area contributed by atoms with E-state index in [9.17, 15) is 14.7 Å². The summed E-state index contributed by atoms with van der Waals surface area (Å²) in [7, 11) is 2.49. The molecule has 0 radical (unpaired) electrons. The van der Waals surface area contributed by atoms with Crippen LogP contribution < -0.4 is 5.32 Å². The van der Waals surface area contributed by atoms with Gasteiger partial charge in [-0.1, -0.05) is 18.2 Å². The maximum atomic E-state index is 11.5. The van der Waals surface area contributed by atoms with Gasteiger partial charge in [-0.25, -0.2) is 0 Å². The van der Waals surface area contributed by atoms with Gasteiger partial charge in [-0.05, 0) is 6.07 Å². The summed E-state index contributed by atoms with van der Waals surface area (Å²) in [4.78, 5) is 22.7. The largest absolute Gasteiger partial charge is 0.508 e. The molecule has 0 aliphatic carbocycles. The highest BCUT2D eigenvalue weighted by Crippen LogP contribution is 2.15. The van der Waals surface area contributed by atoms with E-state index in [1.165, 1.54) is 14.2 Å². The second-order valence-electron chi connectivity index (χ2n) is 3.87. The summed E-state index contributed by atoms with van der Waals surface area (Å²) in [5.74, 6) is -0.947.